The fourth-order valence-corrected chi connectivity index (χ4v) is 4.27. The van der Waals surface area contributed by atoms with Crippen molar-refractivity contribution in [2.75, 3.05) is 0 Å². The molecule has 3 aromatic rings. The van der Waals surface area contributed by atoms with Gasteiger partial charge in [-0.25, -0.2) is 17.6 Å². The van der Waals surface area contributed by atoms with Crippen LogP contribution in [0.3, 0.4) is 0 Å². The maximum Gasteiger partial charge on any atom is 0.171 e. The Morgan fingerprint density at radius 1 is 0.938 bits per heavy atom. The predicted octanol–water partition coefficient (Wildman–Crippen LogP) is 6.88. The van der Waals surface area contributed by atoms with Crippen molar-refractivity contribution in [2.24, 2.45) is 10.9 Å². The molecule has 1 fully saturated rings. The molecule has 2 nitrogen and oxygen atoms in total. The number of Topliss-reactive ketones (excluding diaryl/α,β-unsaturated/α-hetero) is 1. The Hall–Kier alpha value is -3.28. The summed E-state index contributed by atoms with van der Waals surface area (Å²) in [5, 5.41) is 0. The molecule has 3 aromatic carbocycles. The van der Waals surface area contributed by atoms with Crippen molar-refractivity contribution in [3.63, 3.8) is 0 Å². The molecule has 0 amide bonds. The molecule has 32 heavy (non-hydrogen) atoms. The minimum absolute atomic E-state index is 0.0343. The largest absolute Gasteiger partial charge is 0.294 e. The summed E-state index contributed by atoms with van der Waals surface area (Å²) in [6.07, 6.45) is 2.39. The van der Waals surface area contributed by atoms with E-state index in [1.165, 1.54) is 24.3 Å². The number of fused-ring (bicyclic) bond motifs is 1. The SMILES string of the molecule is Cc1cc2c(c(C(=O)CC3CC3)c1)CC(c1c(F)c(F)c(-c3ccccc3)c(F)c1F)=N2. The smallest absolute Gasteiger partial charge is 0.171 e. The van der Waals surface area contributed by atoms with Crippen LogP contribution in [-0.2, 0) is 6.42 Å². The highest BCUT2D eigenvalue weighted by Gasteiger charge is 2.33. The van der Waals surface area contributed by atoms with Crippen molar-refractivity contribution in [2.45, 2.75) is 32.6 Å². The molecular weight excluding hydrogens is 418 g/mol. The maximum absolute atomic E-state index is 15.1. The molecule has 0 atom stereocenters. The Labute approximate surface area is 182 Å². The Morgan fingerprint density at radius 3 is 2.19 bits per heavy atom. The number of aryl methyl sites for hydroxylation is 1. The summed E-state index contributed by atoms with van der Waals surface area (Å²) in [6.45, 7) is 1.80. The van der Waals surface area contributed by atoms with Gasteiger partial charge in [0, 0.05) is 18.4 Å². The normalized spacial score (nSPS) is 15.0. The van der Waals surface area contributed by atoms with Crippen molar-refractivity contribution >= 4 is 17.2 Å². The van der Waals surface area contributed by atoms with E-state index in [0.717, 1.165) is 18.4 Å². The fraction of sp³-hybridized carbons (Fsp3) is 0.231. The summed E-state index contributed by atoms with van der Waals surface area (Å²) in [7, 11) is 0. The number of aliphatic imine (C=N–C) groups is 1. The van der Waals surface area contributed by atoms with Crippen molar-refractivity contribution in [1.82, 2.24) is 0 Å². The van der Waals surface area contributed by atoms with E-state index in [0.29, 0.717) is 29.2 Å². The summed E-state index contributed by atoms with van der Waals surface area (Å²) in [5.41, 5.74) is 0.532. The minimum Gasteiger partial charge on any atom is -0.294 e. The first-order chi connectivity index (χ1) is 15.3. The van der Waals surface area contributed by atoms with E-state index in [4.69, 9.17) is 0 Å². The molecule has 0 spiro atoms. The molecular formula is C26H19F4NO. The summed E-state index contributed by atoms with van der Waals surface area (Å²) >= 11 is 0. The Balaban J connectivity index is 1.59. The van der Waals surface area contributed by atoms with Gasteiger partial charge >= 0.3 is 0 Å². The number of nitrogens with zero attached hydrogens (tertiary/aromatic N) is 1. The maximum atomic E-state index is 15.1. The van der Waals surface area contributed by atoms with Crippen LogP contribution in [-0.4, -0.2) is 11.5 Å². The topological polar surface area (TPSA) is 29.4 Å². The predicted molar refractivity (Wildman–Crippen MR) is 114 cm³/mol. The average Bonchev–Trinajstić information content (AvgIpc) is 3.49. The molecule has 0 radical (unpaired) electrons. The Morgan fingerprint density at radius 2 is 1.56 bits per heavy atom. The third-order valence-corrected chi connectivity index (χ3v) is 6.06. The third kappa shape index (κ3) is 3.44. The molecule has 1 saturated carbocycles. The van der Waals surface area contributed by atoms with Crippen LogP contribution in [0.25, 0.3) is 11.1 Å². The second-order valence-electron chi connectivity index (χ2n) is 8.49. The number of halogens is 4. The number of hydrogen-bond acceptors (Lipinski definition) is 2. The van der Waals surface area contributed by atoms with E-state index in [2.05, 4.69) is 4.99 Å². The second kappa shape index (κ2) is 7.69. The van der Waals surface area contributed by atoms with Crippen molar-refractivity contribution in [1.29, 1.82) is 0 Å². The summed E-state index contributed by atoms with van der Waals surface area (Å²) < 4.78 is 59.9. The number of ketones is 1. The molecule has 2 aliphatic rings. The number of hydrogen-bond donors (Lipinski definition) is 0. The Kier molecular flexibility index (Phi) is 4.96. The number of carbonyl (C=O) groups excluding carboxylic acids is 1. The van der Waals surface area contributed by atoms with Gasteiger partial charge in [0.2, 0.25) is 0 Å². The molecule has 0 bridgehead atoms. The summed E-state index contributed by atoms with van der Waals surface area (Å²) in [5.74, 6) is -5.57. The van der Waals surface area contributed by atoms with Crippen molar-refractivity contribution in [3.8, 4) is 11.1 Å². The molecule has 162 valence electrons. The fourth-order valence-electron chi connectivity index (χ4n) is 4.27. The molecule has 5 rings (SSSR count). The minimum atomic E-state index is -1.49. The lowest BCUT2D eigenvalue weighted by molar-refractivity contribution is 0.0975. The molecule has 1 heterocycles. The monoisotopic (exact) mass is 437 g/mol. The van der Waals surface area contributed by atoms with Gasteiger partial charge in [0.1, 0.15) is 0 Å². The second-order valence-corrected chi connectivity index (χ2v) is 8.49. The number of carbonyl (C=O) groups is 1. The Bertz CT molecular complexity index is 1260. The summed E-state index contributed by atoms with van der Waals surface area (Å²) in [6, 6.07) is 10.9. The van der Waals surface area contributed by atoms with Gasteiger partial charge in [-0.15, -0.1) is 0 Å². The van der Waals surface area contributed by atoms with E-state index in [-0.39, 0.29) is 23.5 Å². The third-order valence-electron chi connectivity index (χ3n) is 6.06. The lowest BCUT2D eigenvalue weighted by atomic mass is 9.92. The van der Waals surface area contributed by atoms with Gasteiger partial charge in [0.15, 0.2) is 29.1 Å². The molecule has 6 heteroatoms. The van der Waals surface area contributed by atoms with Crippen LogP contribution in [0.2, 0.25) is 0 Å². The number of benzene rings is 3. The highest BCUT2D eigenvalue weighted by molar-refractivity contribution is 6.10. The summed E-state index contributed by atoms with van der Waals surface area (Å²) in [4.78, 5) is 17.1. The van der Waals surface area contributed by atoms with Gasteiger partial charge in [-0.05, 0) is 54.5 Å². The van der Waals surface area contributed by atoms with E-state index in [9.17, 15) is 13.6 Å². The zero-order valence-electron chi connectivity index (χ0n) is 17.3. The first-order valence-electron chi connectivity index (χ1n) is 10.5. The van der Waals surface area contributed by atoms with Crippen LogP contribution in [0.15, 0.2) is 47.5 Å². The van der Waals surface area contributed by atoms with E-state index in [1.807, 2.05) is 0 Å². The van der Waals surface area contributed by atoms with Crippen LogP contribution in [0, 0.1) is 36.1 Å². The first-order valence-corrected chi connectivity index (χ1v) is 10.5. The van der Waals surface area contributed by atoms with Gasteiger partial charge in [-0.2, -0.15) is 0 Å². The quantitative estimate of drug-likeness (QED) is 0.243. The molecule has 1 aliphatic carbocycles. The van der Waals surface area contributed by atoms with Gasteiger partial charge in [-0.3, -0.25) is 9.79 Å². The van der Waals surface area contributed by atoms with Crippen LogP contribution >= 0.6 is 0 Å². The van der Waals surface area contributed by atoms with Crippen LogP contribution in [0.4, 0.5) is 23.2 Å². The van der Waals surface area contributed by atoms with E-state index < -0.39 is 34.4 Å². The highest BCUT2D eigenvalue weighted by atomic mass is 19.2. The van der Waals surface area contributed by atoms with Crippen LogP contribution in [0.5, 0.6) is 0 Å². The van der Waals surface area contributed by atoms with E-state index >= 15 is 8.78 Å². The van der Waals surface area contributed by atoms with Gasteiger partial charge in [0.05, 0.1) is 22.5 Å². The zero-order valence-corrected chi connectivity index (χ0v) is 17.3. The van der Waals surface area contributed by atoms with Gasteiger partial charge in [-0.1, -0.05) is 30.3 Å². The van der Waals surface area contributed by atoms with Gasteiger partial charge < -0.3 is 0 Å². The molecule has 0 N–H and O–H groups in total. The van der Waals surface area contributed by atoms with Crippen molar-refractivity contribution in [3.05, 3.63) is 88.0 Å². The molecule has 0 aromatic heterocycles. The average molecular weight is 437 g/mol. The first kappa shape index (κ1) is 20.6. The van der Waals surface area contributed by atoms with Crippen LogP contribution < -0.4 is 0 Å². The van der Waals surface area contributed by atoms with Crippen molar-refractivity contribution < 1.29 is 22.4 Å². The van der Waals surface area contributed by atoms with Gasteiger partial charge in [0.25, 0.3) is 0 Å². The highest BCUT2D eigenvalue weighted by Crippen LogP contribution is 2.39. The zero-order chi connectivity index (χ0) is 22.6. The molecule has 0 unspecified atom stereocenters. The standard InChI is InChI=1S/C26H19F4NO/c1-13-9-17(20(32)11-14-7-8-14)16-12-19(31-18(16)10-13)22-25(29)23(27)21(24(28)26(22)30)15-5-3-2-4-6-15/h2-6,9-10,14H,7-8,11-12H2,1H3. The lowest BCUT2D eigenvalue weighted by Crippen LogP contribution is -2.14. The van der Waals surface area contributed by atoms with E-state index in [1.54, 1.807) is 25.1 Å². The number of rotatable bonds is 5. The van der Waals surface area contributed by atoms with Crippen LogP contribution in [0.1, 0.15) is 46.3 Å². The molecule has 1 aliphatic heterocycles. The molecule has 0 saturated heterocycles. The lowest BCUT2D eigenvalue weighted by Gasteiger charge is -2.12.